The molecule has 116 valence electrons. The minimum absolute atomic E-state index is 0.102. The molecule has 23 heavy (non-hydrogen) atoms. The van der Waals surface area contributed by atoms with Crippen LogP contribution in [0.5, 0.6) is 0 Å². The van der Waals surface area contributed by atoms with Crippen molar-refractivity contribution in [2.75, 3.05) is 10.6 Å². The molecule has 0 atom stereocenters. The molecule has 0 radical (unpaired) electrons. The number of nitrogens with zero attached hydrogens (tertiary/aromatic N) is 3. The number of aryl methyl sites for hydroxylation is 1. The number of para-hydroxylation sites is 1. The molecular formula is C15H12FN5O2. The van der Waals surface area contributed by atoms with E-state index < -0.39 is 11.7 Å². The number of halogens is 1. The lowest BCUT2D eigenvalue weighted by Gasteiger charge is -2.06. The molecule has 1 amide bonds. The quantitative estimate of drug-likeness (QED) is 0.769. The Morgan fingerprint density at radius 1 is 1.13 bits per heavy atom. The fraction of sp³-hybridized carbons (Fsp3) is 0.0667. The first kappa shape index (κ1) is 14.6. The molecule has 0 unspecified atom stereocenters. The summed E-state index contributed by atoms with van der Waals surface area (Å²) in [6.07, 6.45) is 0. The summed E-state index contributed by atoms with van der Waals surface area (Å²) in [5, 5.41) is 16.6. The number of aromatic nitrogens is 3. The molecule has 2 heterocycles. The van der Waals surface area contributed by atoms with Crippen LogP contribution in [0.4, 0.5) is 21.7 Å². The van der Waals surface area contributed by atoms with Gasteiger partial charge in [-0.2, -0.15) is 0 Å². The van der Waals surface area contributed by atoms with E-state index in [1.807, 2.05) is 0 Å². The first-order valence-electron chi connectivity index (χ1n) is 6.72. The second kappa shape index (κ2) is 6.22. The minimum atomic E-state index is -0.469. The monoisotopic (exact) mass is 313 g/mol. The van der Waals surface area contributed by atoms with Crippen LogP contribution in [0, 0.1) is 12.7 Å². The Labute approximate surface area is 130 Å². The Hall–Kier alpha value is -3.29. The third kappa shape index (κ3) is 3.49. The van der Waals surface area contributed by atoms with Gasteiger partial charge in [0.2, 0.25) is 0 Å². The molecule has 0 spiro atoms. The predicted molar refractivity (Wildman–Crippen MR) is 80.9 cm³/mol. The van der Waals surface area contributed by atoms with Gasteiger partial charge in [-0.15, -0.1) is 10.2 Å². The number of carbonyl (C=O) groups is 1. The van der Waals surface area contributed by atoms with Crippen molar-refractivity contribution in [1.82, 2.24) is 15.4 Å². The highest BCUT2D eigenvalue weighted by molar-refractivity contribution is 6.02. The van der Waals surface area contributed by atoms with Crippen molar-refractivity contribution >= 4 is 23.2 Å². The molecule has 3 aromatic rings. The Morgan fingerprint density at radius 2 is 1.96 bits per heavy atom. The summed E-state index contributed by atoms with van der Waals surface area (Å²) in [5.41, 5.74) is 0.377. The predicted octanol–water partition coefficient (Wildman–Crippen LogP) is 2.91. The molecule has 7 nitrogen and oxygen atoms in total. The van der Waals surface area contributed by atoms with Gasteiger partial charge < -0.3 is 15.2 Å². The van der Waals surface area contributed by atoms with Crippen LogP contribution in [0.25, 0.3) is 0 Å². The summed E-state index contributed by atoms with van der Waals surface area (Å²) in [4.78, 5) is 12.0. The SMILES string of the molecule is Cc1cc(NC(=O)c2ccc(Nc3ccccc3F)nn2)no1. The summed E-state index contributed by atoms with van der Waals surface area (Å²) in [5.74, 6) is 0.323. The smallest absolute Gasteiger partial charge is 0.277 e. The Bertz CT molecular complexity index is 832. The van der Waals surface area contributed by atoms with E-state index in [0.717, 1.165) is 0 Å². The van der Waals surface area contributed by atoms with Gasteiger partial charge in [-0.05, 0) is 31.2 Å². The molecule has 2 N–H and O–H groups in total. The third-order valence-electron chi connectivity index (χ3n) is 2.90. The van der Waals surface area contributed by atoms with E-state index in [-0.39, 0.29) is 11.4 Å². The van der Waals surface area contributed by atoms with Crippen molar-refractivity contribution in [3.05, 3.63) is 59.7 Å². The van der Waals surface area contributed by atoms with E-state index >= 15 is 0 Å². The molecule has 3 rings (SSSR count). The largest absolute Gasteiger partial charge is 0.360 e. The van der Waals surface area contributed by atoms with Crippen molar-refractivity contribution < 1.29 is 13.7 Å². The maximum absolute atomic E-state index is 13.5. The summed E-state index contributed by atoms with van der Waals surface area (Å²) >= 11 is 0. The van der Waals surface area contributed by atoms with Gasteiger partial charge in [-0.1, -0.05) is 17.3 Å². The second-order valence-electron chi connectivity index (χ2n) is 4.69. The minimum Gasteiger partial charge on any atom is -0.360 e. The Balaban J connectivity index is 1.69. The van der Waals surface area contributed by atoms with Crippen molar-refractivity contribution in [2.24, 2.45) is 0 Å². The average molecular weight is 313 g/mol. The van der Waals surface area contributed by atoms with Crippen molar-refractivity contribution in [2.45, 2.75) is 6.92 Å². The Morgan fingerprint density at radius 3 is 2.61 bits per heavy atom. The van der Waals surface area contributed by atoms with Crippen LogP contribution in [-0.2, 0) is 0 Å². The lowest BCUT2D eigenvalue weighted by atomic mass is 10.3. The molecule has 0 aliphatic heterocycles. The molecule has 0 saturated carbocycles. The van der Waals surface area contributed by atoms with E-state index in [0.29, 0.717) is 17.4 Å². The zero-order chi connectivity index (χ0) is 16.2. The van der Waals surface area contributed by atoms with Crippen molar-refractivity contribution in [3.8, 4) is 0 Å². The van der Waals surface area contributed by atoms with E-state index in [2.05, 4.69) is 26.0 Å². The standard InChI is InChI=1S/C15H12FN5O2/c1-9-8-14(21-23-9)18-15(22)12-6-7-13(20-19-12)17-11-5-3-2-4-10(11)16/h2-8H,1H3,(H,17,20)(H,18,21,22). The molecule has 0 aliphatic rings. The van der Waals surface area contributed by atoms with Crippen LogP contribution in [0.15, 0.2) is 47.0 Å². The first-order chi connectivity index (χ1) is 11.1. The number of benzene rings is 1. The Kier molecular flexibility index (Phi) is 3.96. The zero-order valence-corrected chi connectivity index (χ0v) is 12.1. The van der Waals surface area contributed by atoms with Gasteiger partial charge in [0.15, 0.2) is 17.3 Å². The first-order valence-corrected chi connectivity index (χ1v) is 6.72. The topological polar surface area (TPSA) is 92.9 Å². The zero-order valence-electron chi connectivity index (χ0n) is 12.1. The number of rotatable bonds is 4. The van der Waals surface area contributed by atoms with Crippen molar-refractivity contribution in [3.63, 3.8) is 0 Å². The van der Waals surface area contributed by atoms with Crippen LogP contribution >= 0.6 is 0 Å². The van der Waals surface area contributed by atoms with E-state index in [1.54, 1.807) is 31.2 Å². The van der Waals surface area contributed by atoms with Gasteiger partial charge in [-0.3, -0.25) is 4.79 Å². The van der Waals surface area contributed by atoms with E-state index in [9.17, 15) is 9.18 Å². The third-order valence-corrected chi connectivity index (χ3v) is 2.90. The molecule has 0 bridgehead atoms. The molecular weight excluding hydrogens is 301 g/mol. The number of amides is 1. The number of nitrogens with one attached hydrogen (secondary N) is 2. The van der Waals surface area contributed by atoms with Crippen molar-refractivity contribution in [1.29, 1.82) is 0 Å². The molecule has 1 aromatic carbocycles. The van der Waals surface area contributed by atoms with Crippen LogP contribution in [0.1, 0.15) is 16.2 Å². The van der Waals surface area contributed by atoms with Gasteiger partial charge in [-0.25, -0.2) is 4.39 Å². The lowest BCUT2D eigenvalue weighted by molar-refractivity contribution is 0.102. The summed E-state index contributed by atoms with van der Waals surface area (Å²) in [6, 6.07) is 10.8. The average Bonchev–Trinajstić information content (AvgIpc) is 2.95. The summed E-state index contributed by atoms with van der Waals surface area (Å²) in [7, 11) is 0. The van der Waals surface area contributed by atoms with Gasteiger partial charge in [0.1, 0.15) is 11.6 Å². The highest BCUT2D eigenvalue weighted by atomic mass is 19.1. The fourth-order valence-electron chi connectivity index (χ4n) is 1.83. The molecule has 0 fully saturated rings. The van der Waals surface area contributed by atoms with Crippen LogP contribution in [-0.4, -0.2) is 21.3 Å². The number of carbonyl (C=O) groups excluding carboxylic acids is 1. The summed E-state index contributed by atoms with van der Waals surface area (Å²) in [6.45, 7) is 1.71. The molecule has 0 aliphatic carbocycles. The molecule has 2 aromatic heterocycles. The van der Waals surface area contributed by atoms with Gasteiger partial charge in [0, 0.05) is 6.07 Å². The van der Waals surface area contributed by atoms with Crippen LogP contribution < -0.4 is 10.6 Å². The molecule has 0 saturated heterocycles. The molecule has 8 heteroatoms. The van der Waals surface area contributed by atoms with Gasteiger partial charge in [0.05, 0.1) is 5.69 Å². The van der Waals surface area contributed by atoms with Crippen LogP contribution in [0.2, 0.25) is 0 Å². The second-order valence-corrected chi connectivity index (χ2v) is 4.69. The van der Waals surface area contributed by atoms with Gasteiger partial charge in [0.25, 0.3) is 5.91 Å². The highest BCUT2D eigenvalue weighted by Gasteiger charge is 2.11. The maximum atomic E-state index is 13.5. The number of hydrogen-bond acceptors (Lipinski definition) is 6. The van der Waals surface area contributed by atoms with E-state index in [4.69, 9.17) is 4.52 Å². The normalized spacial score (nSPS) is 10.3. The summed E-state index contributed by atoms with van der Waals surface area (Å²) < 4.78 is 18.4. The van der Waals surface area contributed by atoms with Gasteiger partial charge >= 0.3 is 0 Å². The maximum Gasteiger partial charge on any atom is 0.277 e. The number of anilines is 3. The van der Waals surface area contributed by atoms with E-state index in [1.165, 1.54) is 18.2 Å². The fourth-order valence-corrected chi connectivity index (χ4v) is 1.83. The number of hydrogen-bond donors (Lipinski definition) is 2. The van der Waals surface area contributed by atoms with Crippen LogP contribution in [0.3, 0.4) is 0 Å². The highest BCUT2D eigenvalue weighted by Crippen LogP contribution is 2.17. The lowest BCUT2D eigenvalue weighted by Crippen LogP contribution is -2.14.